The van der Waals surface area contributed by atoms with Gasteiger partial charge in [0.15, 0.2) is 0 Å². The number of rotatable bonds is 3. The van der Waals surface area contributed by atoms with Crippen LogP contribution in [0.15, 0.2) is 78.3 Å². The standard InChI is InChI=1S/C20H15N3S/c1-2-7-15(8-3-1)13-22-17-9-4-5-10-18(17)23-14-16(21-20(22)23)19-11-6-12-24-19/h1-12,14H,13H2. The molecule has 0 saturated carbocycles. The summed E-state index contributed by atoms with van der Waals surface area (Å²) in [7, 11) is 0. The molecule has 4 heteroatoms. The van der Waals surface area contributed by atoms with Crippen LogP contribution >= 0.6 is 11.3 Å². The van der Waals surface area contributed by atoms with Crippen LogP contribution in [-0.2, 0) is 6.54 Å². The molecule has 24 heavy (non-hydrogen) atoms. The van der Waals surface area contributed by atoms with Gasteiger partial charge >= 0.3 is 0 Å². The van der Waals surface area contributed by atoms with E-state index in [0.717, 1.165) is 18.0 Å². The van der Waals surface area contributed by atoms with Gasteiger partial charge in [0.1, 0.15) is 5.69 Å². The molecule has 0 spiro atoms. The zero-order chi connectivity index (χ0) is 15.9. The first kappa shape index (κ1) is 13.6. The molecule has 0 atom stereocenters. The Kier molecular flexibility index (Phi) is 3.03. The number of thiophene rings is 1. The number of fused-ring (bicyclic) bond motifs is 3. The van der Waals surface area contributed by atoms with Gasteiger partial charge in [-0.15, -0.1) is 11.3 Å². The van der Waals surface area contributed by atoms with E-state index in [1.165, 1.54) is 21.5 Å². The lowest BCUT2D eigenvalue weighted by Gasteiger charge is -2.05. The van der Waals surface area contributed by atoms with Gasteiger partial charge in [-0.05, 0) is 29.1 Å². The topological polar surface area (TPSA) is 22.2 Å². The van der Waals surface area contributed by atoms with Crippen molar-refractivity contribution in [1.29, 1.82) is 0 Å². The predicted octanol–water partition coefficient (Wildman–Crippen LogP) is 5.07. The lowest BCUT2D eigenvalue weighted by molar-refractivity contribution is 0.846. The molecule has 0 fully saturated rings. The molecule has 0 unspecified atom stereocenters. The summed E-state index contributed by atoms with van der Waals surface area (Å²) in [5.41, 5.74) is 4.72. The van der Waals surface area contributed by atoms with Gasteiger partial charge in [-0.3, -0.25) is 4.40 Å². The van der Waals surface area contributed by atoms with Crippen molar-refractivity contribution >= 4 is 28.1 Å². The molecule has 0 radical (unpaired) electrons. The molecular weight excluding hydrogens is 314 g/mol. The Balaban J connectivity index is 1.76. The molecule has 0 saturated heterocycles. The highest BCUT2D eigenvalue weighted by Crippen LogP contribution is 2.28. The van der Waals surface area contributed by atoms with Crippen LogP contribution in [0.3, 0.4) is 0 Å². The molecule has 0 N–H and O–H groups in total. The van der Waals surface area contributed by atoms with Crippen molar-refractivity contribution in [3.63, 3.8) is 0 Å². The van der Waals surface area contributed by atoms with Crippen molar-refractivity contribution in [3.8, 4) is 10.6 Å². The first-order valence-electron chi connectivity index (χ1n) is 7.94. The minimum atomic E-state index is 0.818. The lowest BCUT2D eigenvalue weighted by atomic mass is 10.2. The van der Waals surface area contributed by atoms with Gasteiger partial charge < -0.3 is 4.57 Å². The van der Waals surface area contributed by atoms with Crippen molar-refractivity contribution in [2.24, 2.45) is 0 Å². The number of para-hydroxylation sites is 2. The summed E-state index contributed by atoms with van der Waals surface area (Å²) in [6.45, 7) is 0.818. The smallest absolute Gasteiger partial charge is 0.215 e. The molecule has 0 aliphatic rings. The second kappa shape index (κ2) is 5.35. The molecule has 3 nitrogen and oxygen atoms in total. The monoisotopic (exact) mass is 329 g/mol. The number of aromatic nitrogens is 3. The van der Waals surface area contributed by atoms with Gasteiger partial charge in [0.2, 0.25) is 5.78 Å². The second-order valence-corrected chi connectivity index (χ2v) is 6.78. The van der Waals surface area contributed by atoms with Gasteiger partial charge in [0.05, 0.1) is 22.5 Å². The van der Waals surface area contributed by atoms with Gasteiger partial charge in [-0.1, -0.05) is 48.5 Å². The number of hydrogen-bond acceptors (Lipinski definition) is 2. The minimum absolute atomic E-state index is 0.818. The fourth-order valence-corrected chi connectivity index (χ4v) is 3.89. The molecule has 5 aromatic rings. The zero-order valence-corrected chi connectivity index (χ0v) is 13.8. The summed E-state index contributed by atoms with van der Waals surface area (Å²) >= 11 is 1.72. The normalized spacial score (nSPS) is 11.5. The maximum absolute atomic E-state index is 4.92. The molecular formula is C20H15N3S. The van der Waals surface area contributed by atoms with E-state index in [1.807, 2.05) is 0 Å². The Morgan fingerprint density at radius 1 is 0.833 bits per heavy atom. The Bertz CT molecular complexity index is 1120. The number of imidazole rings is 2. The van der Waals surface area contributed by atoms with E-state index in [-0.39, 0.29) is 0 Å². The van der Waals surface area contributed by atoms with E-state index in [2.05, 4.69) is 87.3 Å². The molecule has 0 aliphatic heterocycles. The van der Waals surface area contributed by atoms with Gasteiger partial charge in [0, 0.05) is 6.20 Å². The molecule has 5 rings (SSSR count). The molecule has 3 aromatic heterocycles. The third-order valence-electron chi connectivity index (χ3n) is 4.32. The average Bonchev–Trinajstić information content (AvgIpc) is 3.33. The van der Waals surface area contributed by atoms with Gasteiger partial charge in [-0.25, -0.2) is 4.98 Å². The molecule has 0 amide bonds. The summed E-state index contributed by atoms with van der Waals surface area (Å²) in [6.07, 6.45) is 2.14. The summed E-state index contributed by atoms with van der Waals surface area (Å²) in [5.74, 6) is 0.989. The molecule has 2 aromatic carbocycles. The highest BCUT2D eigenvalue weighted by molar-refractivity contribution is 7.13. The first-order chi connectivity index (χ1) is 11.9. The highest BCUT2D eigenvalue weighted by atomic mass is 32.1. The first-order valence-corrected chi connectivity index (χ1v) is 8.82. The van der Waals surface area contributed by atoms with E-state index >= 15 is 0 Å². The average molecular weight is 329 g/mol. The van der Waals surface area contributed by atoms with Crippen LogP contribution in [0.2, 0.25) is 0 Å². The second-order valence-electron chi connectivity index (χ2n) is 5.83. The summed E-state index contributed by atoms with van der Waals surface area (Å²) in [4.78, 5) is 6.13. The summed E-state index contributed by atoms with van der Waals surface area (Å²) in [5, 5.41) is 2.09. The summed E-state index contributed by atoms with van der Waals surface area (Å²) in [6, 6.07) is 23.2. The van der Waals surface area contributed by atoms with Crippen LogP contribution in [0.5, 0.6) is 0 Å². The van der Waals surface area contributed by atoms with E-state index in [9.17, 15) is 0 Å². The highest BCUT2D eigenvalue weighted by Gasteiger charge is 2.15. The van der Waals surface area contributed by atoms with Crippen LogP contribution in [0, 0.1) is 0 Å². The molecule has 0 aliphatic carbocycles. The molecule has 0 bridgehead atoms. The van der Waals surface area contributed by atoms with Crippen LogP contribution in [-0.4, -0.2) is 14.0 Å². The third kappa shape index (κ3) is 2.07. The Labute approximate surface area is 143 Å². The summed E-state index contributed by atoms with van der Waals surface area (Å²) < 4.78 is 4.50. The predicted molar refractivity (Wildman–Crippen MR) is 99.5 cm³/mol. The third-order valence-corrected chi connectivity index (χ3v) is 5.21. The van der Waals surface area contributed by atoms with E-state index in [4.69, 9.17) is 4.98 Å². The lowest BCUT2D eigenvalue weighted by Crippen LogP contribution is -2.00. The fraction of sp³-hybridized carbons (Fsp3) is 0.0500. The van der Waals surface area contributed by atoms with Gasteiger partial charge in [0.25, 0.3) is 0 Å². The SMILES string of the molecule is c1ccc(Cn2c3ccccc3n3cc(-c4cccs4)nc23)cc1. The number of nitrogens with zero attached hydrogens (tertiary/aromatic N) is 3. The maximum Gasteiger partial charge on any atom is 0.215 e. The van der Waals surface area contributed by atoms with Crippen molar-refractivity contribution < 1.29 is 0 Å². The van der Waals surface area contributed by atoms with Crippen molar-refractivity contribution in [3.05, 3.63) is 83.9 Å². The van der Waals surface area contributed by atoms with Crippen LogP contribution in [0.25, 0.3) is 27.4 Å². The fourth-order valence-electron chi connectivity index (χ4n) is 3.21. The molecule has 116 valence electrons. The minimum Gasteiger partial charge on any atom is -0.305 e. The maximum atomic E-state index is 4.92. The van der Waals surface area contributed by atoms with Crippen LogP contribution < -0.4 is 0 Å². The number of hydrogen-bond donors (Lipinski definition) is 0. The van der Waals surface area contributed by atoms with Crippen LogP contribution in [0.1, 0.15) is 5.56 Å². The van der Waals surface area contributed by atoms with E-state index in [1.54, 1.807) is 11.3 Å². The Morgan fingerprint density at radius 2 is 1.62 bits per heavy atom. The Morgan fingerprint density at radius 3 is 2.42 bits per heavy atom. The Hall–Kier alpha value is -2.85. The zero-order valence-electron chi connectivity index (χ0n) is 13.0. The van der Waals surface area contributed by atoms with Crippen molar-refractivity contribution in [1.82, 2.24) is 14.0 Å². The van der Waals surface area contributed by atoms with E-state index in [0.29, 0.717) is 0 Å². The van der Waals surface area contributed by atoms with Crippen molar-refractivity contribution in [2.45, 2.75) is 6.54 Å². The number of benzene rings is 2. The largest absolute Gasteiger partial charge is 0.305 e. The van der Waals surface area contributed by atoms with Gasteiger partial charge in [-0.2, -0.15) is 0 Å². The van der Waals surface area contributed by atoms with Crippen LogP contribution in [0.4, 0.5) is 0 Å². The van der Waals surface area contributed by atoms with E-state index < -0.39 is 0 Å². The quantitative estimate of drug-likeness (QED) is 0.453. The van der Waals surface area contributed by atoms with Crippen molar-refractivity contribution in [2.75, 3.05) is 0 Å². The molecule has 3 heterocycles.